The molecule has 8 nitrogen and oxygen atoms in total. The van der Waals surface area contributed by atoms with E-state index in [1.807, 2.05) is 35.2 Å². The van der Waals surface area contributed by atoms with Crippen LogP contribution in [0.25, 0.3) is 22.4 Å². The molecule has 0 N–H and O–H groups in total. The van der Waals surface area contributed by atoms with E-state index >= 15 is 0 Å². The molecule has 1 aliphatic rings. The maximum absolute atomic E-state index is 13.5. The van der Waals surface area contributed by atoms with Crippen molar-refractivity contribution in [3.8, 4) is 22.4 Å². The fourth-order valence-corrected chi connectivity index (χ4v) is 5.64. The molecule has 1 aromatic heterocycles. The first-order valence-electron chi connectivity index (χ1n) is 15.2. The molecule has 0 unspecified atom stereocenters. The van der Waals surface area contributed by atoms with Crippen molar-refractivity contribution in [3.05, 3.63) is 102 Å². The van der Waals surface area contributed by atoms with Crippen LogP contribution >= 0.6 is 11.6 Å². The zero-order valence-electron chi connectivity index (χ0n) is 25.4. The van der Waals surface area contributed by atoms with E-state index in [0.29, 0.717) is 49.9 Å². The lowest BCUT2D eigenvalue weighted by Crippen LogP contribution is -2.52. The lowest BCUT2D eigenvalue weighted by molar-refractivity contribution is -0.132. The first-order chi connectivity index (χ1) is 21.5. The Balaban J connectivity index is 1.18. The normalized spacial score (nSPS) is 13.3. The predicted molar refractivity (Wildman–Crippen MR) is 177 cm³/mol. The Kier molecular flexibility index (Phi) is 10.6. The van der Waals surface area contributed by atoms with Crippen molar-refractivity contribution in [2.24, 2.45) is 0 Å². The largest absolute Gasteiger partial charge is 0.352 e. The highest BCUT2D eigenvalue weighted by atomic mass is 35.5. The van der Waals surface area contributed by atoms with Gasteiger partial charge in [0.2, 0.25) is 5.91 Å². The number of carbonyl (C=O) groups excluding carboxylic acids is 2. The first-order valence-corrected chi connectivity index (χ1v) is 15.6. The molecule has 1 saturated heterocycles. The van der Waals surface area contributed by atoms with Crippen LogP contribution in [-0.4, -0.2) is 95.6 Å². The van der Waals surface area contributed by atoms with Crippen LogP contribution in [0.15, 0.2) is 91.0 Å². The van der Waals surface area contributed by atoms with Crippen LogP contribution in [0.3, 0.4) is 0 Å². The fourth-order valence-electron chi connectivity index (χ4n) is 5.42. The van der Waals surface area contributed by atoms with Gasteiger partial charge in [-0.15, -0.1) is 10.2 Å². The fraction of sp³-hybridized carbons (Fsp3) is 0.314. The van der Waals surface area contributed by atoms with Crippen LogP contribution in [0.1, 0.15) is 24.2 Å². The Bertz CT molecular complexity index is 1520. The number of piperazine rings is 1. The molecule has 0 spiro atoms. The van der Waals surface area contributed by atoms with E-state index in [1.165, 1.54) is 5.56 Å². The van der Waals surface area contributed by atoms with Crippen LogP contribution in [0, 0.1) is 0 Å². The highest BCUT2D eigenvalue weighted by molar-refractivity contribution is 6.33. The molecule has 0 bridgehead atoms. The number of likely N-dealkylation sites (N-methyl/N-ethyl adjacent to an activating group) is 1. The molecule has 4 aromatic rings. The van der Waals surface area contributed by atoms with Crippen LogP contribution in [0.4, 0.5) is 5.82 Å². The Morgan fingerprint density at radius 3 is 2.00 bits per heavy atom. The maximum atomic E-state index is 13.5. The molecule has 1 fully saturated rings. The monoisotopic (exact) mass is 610 g/mol. The quantitative estimate of drug-likeness (QED) is 0.220. The number of halogens is 1. The first kappa shape index (κ1) is 31.2. The number of nitrogens with zero attached hydrogens (tertiary/aromatic N) is 6. The summed E-state index contributed by atoms with van der Waals surface area (Å²) < 4.78 is 0. The summed E-state index contributed by atoms with van der Waals surface area (Å²) in [6.45, 7) is 9.49. The predicted octanol–water partition coefficient (Wildman–Crippen LogP) is 5.60. The van der Waals surface area contributed by atoms with E-state index in [4.69, 9.17) is 11.6 Å². The van der Waals surface area contributed by atoms with Crippen LogP contribution < -0.4 is 4.90 Å². The van der Waals surface area contributed by atoms with Crippen LogP contribution in [0.5, 0.6) is 0 Å². The third-order valence-corrected chi connectivity index (χ3v) is 8.52. The number of anilines is 1. The van der Waals surface area contributed by atoms with Crippen LogP contribution in [0.2, 0.25) is 5.02 Å². The summed E-state index contributed by atoms with van der Waals surface area (Å²) in [5, 5.41) is 9.39. The van der Waals surface area contributed by atoms with Gasteiger partial charge in [0.15, 0.2) is 5.82 Å². The van der Waals surface area contributed by atoms with Gasteiger partial charge in [0.1, 0.15) is 6.54 Å². The average molecular weight is 611 g/mol. The molecular weight excluding hydrogens is 572 g/mol. The minimum atomic E-state index is -0.222. The smallest absolute Gasteiger partial charge is 0.255 e. The second-order valence-corrected chi connectivity index (χ2v) is 11.2. The van der Waals surface area contributed by atoms with Gasteiger partial charge >= 0.3 is 0 Å². The maximum Gasteiger partial charge on any atom is 0.255 e. The van der Waals surface area contributed by atoms with Crippen molar-refractivity contribution >= 4 is 29.2 Å². The van der Waals surface area contributed by atoms with E-state index in [1.54, 1.807) is 29.2 Å². The van der Waals surface area contributed by atoms with Gasteiger partial charge in [-0.1, -0.05) is 92.2 Å². The number of hydrogen-bond acceptors (Lipinski definition) is 6. The van der Waals surface area contributed by atoms with E-state index < -0.39 is 0 Å². The van der Waals surface area contributed by atoms with E-state index in [2.05, 4.69) is 70.2 Å². The number of aromatic nitrogens is 2. The second kappa shape index (κ2) is 14.9. The number of carbonyl (C=O) groups is 2. The van der Waals surface area contributed by atoms with Gasteiger partial charge in [-0.05, 0) is 48.5 Å². The molecule has 2 heterocycles. The van der Waals surface area contributed by atoms with Crippen molar-refractivity contribution in [3.63, 3.8) is 0 Å². The molecule has 9 heteroatoms. The summed E-state index contributed by atoms with van der Waals surface area (Å²) >= 11 is 6.34. The Labute approximate surface area is 264 Å². The van der Waals surface area contributed by atoms with Crippen molar-refractivity contribution in [1.29, 1.82) is 0 Å². The van der Waals surface area contributed by atoms with Gasteiger partial charge in [0.05, 0.1) is 16.3 Å². The van der Waals surface area contributed by atoms with Crippen molar-refractivity contribution in [1.82, 2.24) is 24.9 Å². The number of hydrogen-bond donors (Lipinski definition) is 0. The Hall–Kier alpha value is -4.27. The summed E-state index contributed by atoms with van der Waals surface area (Å²) in [6.07, 6.45) is 0. The van der Waals surface area contributed by atoms with Gasteiger partial charge in [0.25, 0.3) is 5.91 Å². The van der Waals surface area contributed by atoms with Crippen molar-refractivity contribution in [2.75, 3.05) is 63.8 Å². The van der Waals surface area contributed by atoms with Gasteiger partial charge < -0.3 is 19.6 Å². The zero-order chi connectivity index (χ0) is 30.9. The Morgan fingerprint density at radius 1 is 0.727 bits per heavy atom. The van der Waals surface area contributed by atoms with Gasteiger partial charge in [0, 0.05) is 44.8 Å². The highest BCUT2D eigenvalue weighted by Gasteiger charge is 2.27. The van der Waals surface area contributed by atoms with E-state index in [0.717, 1.165) is 35.7 Å². The van der Waals surface area contributed by atoms with E-state index in [-0.39, 0.29) is 18.4 Å². The molecule has 0 saturated carbocycles. The van der Waals surface area contributed by atoms with Gasteiger partial charge in [-0.2, -0.15) is 0 Å². The SMILES string of the molecule is CCN(CC)CCN(CC(=O)N1CCN(c2ccc(-c3ccc(-c4ccccc4)cc3)nn2)CC1)C(=O)c1ccccc1Cl. The second-order valence-electron chi connectivity index (χ2n) is 10.8. The third kappa shape index (κ3) is 7.62. The number of rotatable bonds is 11. The molecule has 1 aliphatic heterocycles. The molecule has 0 aliphatic carbocycles. The standard InChI is InChI=1S/C35H39ClN6O2/c1-3-39(4-2)20-21-42(35(44)30-12-8-9-13-31(30)36)26-34(43)41-24-22-40(23-25-41)33-19-18-32(37-38-33)29-16-14-28(15-17-29)27-10-6-5-7-11-27/h5-19H,3-4,20-26H2,1-2H3. The summed E-state index contributed by atoms with van der Waals surface area (Å²) in [5.41, 5.74) is 4.58. The highest BCUT2D eigenvalue weighted by Crippen LogP contribution is 2.25. The minimum absolute atomic E-state index is 0.0168. The lowest BCUT2D eigenvalue weighted by atomic mass is 10.0. The van der Waals surface area contributed by atoms with Crippen molar-refractivity contribution < 1.29 is 9.59 Å². The summed E-state index contributed by atoms with van der Waals surface area (Å²) in [7, 11) is 0. The lowest BCUT2D eigenvalue weighted by Gasteiger charge is -2.36. The molecule has 2 amide bonds. The molecule has 0 radical (unpaired) electrons. The molecule has 5 rings (SSSR count). The van der Waals surface area contributed by atoms with E-state index in [9.17, 15) is 9.59 Å². The molecule has 0 atom stereocenters. The number of benzene rings is 3. The summed E-state index contributed by atoms with van der Waals surface area (Å²) in [6, 6.07) is 29.6. The molecule has 3 aromatic carbocycles. The molecule has 228 valence electrons. The van der Waals surface area contributed by atoms with Crippen LogP contribution in [-0.2, 0) is 4.79 Å². The topological polar surface area (TPSA) is 72.9 Å². The molecular formula is C35H39ClN6O2. The third-order valence-electron chi connectivity index (χ3n) is 8.19. The minimum Gasteiger partial charge on any atom is -0.352 e. The summed E-state index contributed by atoms with van der Waals surface area (Å²) in [5.74, 6) is 0.501. The average Bonchev–Trinajstić information content (AvgIpc) is 3.08. The Morgan fingerprint density at radius 2 is 1.36 bits per heavy atom. The molecule has 44 heavy (non-hydrogen) atoms. The zero-order valence-corrected chi connectivity index (χ0v) is 26.2. The number of amides is 2. The van der Waals surface area contributed by atoms with Crippen molar-refractivity contribution in [2.45, 2.75) is 13.8 Å². The van der Waals surface area contributed by atoms with Gasteiger partial charge in [-0.3, -0.25) is 9.59 Å². The van der Waals surface area contributed by atoms with Gasteiger partial charge in [-0.25, -0.2) is 0 Å². The summed E-state index contributed by atoms with van der Waals surface area (Å²) in [4.78, 5) is 34.7.